The van der Waals surface area contributed by atoms with Crippen molar-refractivity contribution in [3.8, 4) is 0 Å². The number of nitrogens with two attached hydrogens (primary N) is 2. The molecule has 1 aliphatic rings. The van der Waals surface area contributed by atoms with Crippen LogP contribution in [-0.4, -0.2) is 24.7 Å². The molecule has 0 spiro atoms. The van der Waals surface area contributed by atoms with Crippen molar-refractivity contribution >= 4 is 5.91 Å². The summed E-state index contributed by atoms with van der Waals surface area (Å²) in [5.74, 6) is -0.452. The van der Waals surface area contributed by atoms with Crippen molar-refractivity contribution < 1.29 is 9.53 Å². The molecule has 0 aliphatic carbocycles. The first-order valence-corrected chi connectivity index (χ1v) is 3.38. The first-order valence-electron chi connectivity index (χ1n) is 3.38. The quantitative estimate of drug-likeness (QED) is 0.494. The molecule has 0 radical (unpaired) electrons. The predicted molar refractivity (Wildman–Crippen MR) is 36.1 cm³/mol. The van der Waals surface area contributed by atoms with Crippen LogP contribution in [0.15, 0.2) is 0 Å². The predicted octanol–water partition coefficient (Wildman–Crippen LogP) is -1.02. The summed E-state index contributed by atoms with van der Waals surface area (Å²) in [5.41, 5.74) is 10.6. The van der Waals surface area contributed by atoms with Crippen molar-refractivity contribution in [1.82, 2.24) is 0 Å². The Morgan fingerprint density at radius 1 is 1.60 bits per heavy atom. The van der Waals surface area contributed by atoms with E-state index in [2.05, 4.69) is 0 Å². The monoisotopic (exact) mass is 144 g/mol. The molecule has 58 valence electrons. The van der Waals surface area contributed by atoms with Gasteiger partial charge in [-0.05, 0) is 12.8 Å². The van der Waals surface area contributed by atoms with Crippen LogP contribution in [0.25, 0.3) is 0 Å². The minimum atomic E-state index is -0.561. The second-order valence-electron chi connectivity index (χ2n) is 2.50. The SMILES string of the molecule is NC(=O)C1OCCC[C@H]1N. The van der Waals surface area contributed by atoms with Gasteiger partial charge in [0.25, 0.3) is 0 Å². The fourth-order valence-electron chi connectivity index (χ4n) is 1.10. The molecular formula is C6H12N2O2. The molecule has 4 N–H and O–H groups in total. The molecule has 4 nitrogen and oxygen atoms in total. The lowest BCUT2D eigenvalue weighted by Crippen LogP contribution is -2.48. The van der Waals surface area contributed by atoms with Gasteiger partial charge >= 0.3 is 0 Å². The summed E-state index contributed by atoms with van der Waals surface area (Å²) in [5, 5.41) is 0. The fraction of sp³-hybridized carbons (Fsp3) is 0.833. The van der Waals surface area contributed by atoms with Crippen LogP contribution in [0.4, 0.5) is 0 Å². The Hall–Kier alpha value is -0.610. The van der Waals surface area contributed by atoms with Crippen LogP contribution in [0.1, 0.15) is 12.8 Å². The maximum absolute atomic E-state index is 10.6. The highest BCUT2D eigenvalue weighted by atomic mass is 16.5. The lowest BCUT2D eigenvalue weighted by Gasteiger charge is -2.25. The molecule has 4 heteroatoms. The number of rotatable bonds is 1. The van der Waals surface area contributed by atoms with Crippen LogP contribution in [0, 0.1) is 0 Å². The molecule has 2 atom stereocenters. The van der Waals surface area contributed by atoms with E-state index in [-0.39, 0.29) is 6.04 Å². The van der Waals surface area contributed by atoms with E-state index in [1.807, 2.05) is 0 Å². The Balaban J connectivity index is 2.47. The molecule has 10 heavy (non-hydrogen) atoms. The van der Waals surface area contributed by atoms with Crippen molar-refractivity contribution in [1.29, 1.82) is 0 Å². The third-order valence-corrected chi connectivity index (χ3v) is 1.65. The number of carbonyl (C=O) groups excluding carboxylic acids is 1. The van der Waals surface area contributed by atoms with E-state index in [4.69, 9.17) is 16.2 Å². The molecule has 1 fully saturated rings. The summed E-state index contributed by atoms with van der Waals surface area (Å²) in [6.07, 6.45) is 1.19. The normalized spacial score (nSPS) is 33.7. The Bertz CT molecular complexity index is 138. The van der Waals surface area contributed by atoms with Gasteiger partial charge in [0, 0.05) is 12.6 Å². The van der Waals surface area contributed by atoms with Gasteiger partial charge in [0.2, 0.25) is 5.91 Å². The zero-order chi connectivity index (χ0) is 7.56. The second-order valence-corrected chi connectivity index (χ2v) is 2.50. The first kappa shape index (κ1) is 7.50. The van der Waals surface area contributed by atoms with Crippen molar-refractivity contribution in [2.45, 2.75) is 25.0 Å². The minimum Gasteiger partial charge on any atom is -0.367 e. The molecule has 1 heterocycles. The Morgan fingerprint density at radius 3 is 2.70 bits per heavy atom. The van der Waals surface area contributed by atoms with Gasteiger partial charge < -0.3 is 16.2 Å². The van der Waals surface area contributed by atoms with E-state index in [1.54, 1.807) is 0 Å². The molecule has 1 saturated heterocycles. The molecule has 0 aromatic carbocycles. The van der Waals surface area contributed by atoms with Gasteiger partial charge in [-0.3, -0.25) is 4.79 Å². The van der Waals surface area contributed by atoms with Crippen LogP contribution < -0.4 is 11.5 Å². The Labute approximate surface area is 59.5 Å². The highest BCUT2D eigenvalue weighted by Crippen LogP contribution is 2.10. The third kappa shape index (κ3) is 1.46. The van der Waals surface area contributed by atoms with E-state index < -0.39 is 12.0 Å². The average molecular weight is 144 g/mol. The molecule has 1 amide bonds. The zero-order valence-electron chi connectivity index (χ0n) is 5.75. The van der Waals surface area contributed by atoms with Gasteiger partial charge in [-0.25, -0.2) is 0 Å². The van der Waals surface area contributed by atoms with E-state index in [0.717, 1.165) is 12.8 Å². The number of hydrogen-bond acceptors (Lipinski definition) is 3. The van der Waals surface area contributed by atoms with Crippen molar-refractivity contribution in [3.63, 3.8) is 0 Å². The summed E-state index contributed by atoms with van der Waals surface area (Å²) < 4.78 is 5.05. The van der Waals surface area contributed by atoms with Crippen LogP contribution in [0.2, 0.25) is 0 Å². The van der Waals surface area contributed by atoms with Crippen molar-refractivity contribution in [3.05, 3.63) is 0 Å². The molecule has 1 unspecified atom stereocenters. The van der Waals surface area contributed by atoms with E-state index >= 15 is 0 Å². The third-order valence-electron chi connectivity index (χ3n) is 1.65. The summed E-state index contributed by atoms with van der Waals surface area (Å²) in [4.78, 5) is 10.6. The lowest BCUT2D eigenvalue weighted by atomic mass is 10.0. The van der Waals surface area contributed by atoms with Crippen LogP contribution in [-0.2, 0) is 9.53 Å². The largest absolute Gasteiger partial charge is 0.367 e. The Kier molecular flexibility index (Phi) is 2.24. The molecule has 0 bridgehead atoms. The highest BCUT2D eigenvalue weighted by molar-refractivity contribution is 5.79. The molecule has 1 aliphatic heterocycles. The zero-order valence-corrected chi connectivity index (χ0v) is 5.75. The summed E-state index contributed by atoms with van der Waals surface area (Å²) in [6, 6.07) is -0.203. The molecule has 0 aromatic rings. The topological polar surface area (TPSA) is 78.3 Å². The minimum absolute atomic E-state index is 0.203. The smallest absolute Gasteiger partial charge is 0.248 e. The van der Waals surface area contributed by atoms with E-state index in [1.165, 1.54) is 0 Å². The average Bonchev–Trinajstić information content (AvgIpc) is 1.88. The number of primary amides is 1. The van der Waals surface area contributed by atoms with E-state index in [9.17, 15) is 4.79 Å². The summed E-state index contributed by atoms with van der Waals surface area (Å²) in [7, 11) is 0. The summed E-state index contributed by atoms with van der Waals surface area (Å²) >= 11 is 0. The van der Waals surface area contributed by atoms with Gasteiger partial charge in [-0.2, -0.15) is 0 Å². The van der Waals surface area contributed by atoms with Crippen molar-refractivity contribution in [2.24, 2.45) is 11.5 Å². The molecule has 1 rings (SSSR count). The van der Waals surface area contributed by atoms with Gasteiger partial charge in [0.05, 0.1) is 0 Å². The number of amides is 1. The maximum Gasteiger partial charge on any atom is 0.248 e. The molecule has 0 aromatic heterocycles. The van der Waals surface area contributed by atoms with E-state index in [0.29, 0.717) is 6.61 Å². The Morgan fingerprint density at radius 2 is 2.30 bits per heavy atom. The lowest BCUT2D eigenvalue weighted by molar-refractivity contribution is -0.133. The number of hydrogen-bond donors (Lipinski definition) is 2. The van der Waals surface area contributed by atoms with Crippen LogP contribution in [0.3, 0.4) is 0 Å². The second kappa shape index (κ2) is 2.98. The van der Waals surface area contributed by atoms with Crippen LogP contribution >= 0.6 is 0 Å². The number of ether oxygens (including phenoxy) is 1. The molecule has 0 saturated carbocycles. The fourth-order valence-corrected chi connectivity index (χ4v) is 1.10. The first-order chi connectivity index (χ1) is 4.72. The standard InChI is InChI=1S/C6H12N2O2/c7-4-2-1-3-10-5(4)6(8)9/h4-5H,1-3,7H2,(H2,8,9)/t4-,5?/m1/s1. The highest BCUT2D eigenvalue weighted by Gasteiger charge is 2.26. The van der Waals surface area contributed by atoms with Gasteiger partial charge in [-0.15, -0.1) is 0 Å². The maximum atomic E-state index is 10.6. The summed E-state index contributed by atoms with van der Waals surface area (Å²) in [6.45, 7) is 0.599. The van der Waals surface area contributed by atoms with Gasteiger partial charge in [-0.1, -0.05) is 0 Å². The van der Waals surface area contributed by atoms with Crippen molar-refractivity contribution in [2.75, 3.05) is 6.61 Å². The molecular weight excluding hydrogens is 132 g/mol. The number of carbonyl (C=O) groups is 1. The van der Waals surface area contributed by atoms with Crippen LogP contribution in [0.5, 0.6) is 0 Å². The van der Waals surface area contributed by atoms with Gasteiger partial charge in [0.15, 0.2) is 6.10 Å². The van der Waals surface area contributed by atoms with Gasteiger partial charge in [0.1, 0.15) is 0 Å².